The number of allylic oxidation sites excluding steroid dienone is 2. The van der Waals surface area contributed by atoms with Crippen molar-refractivity contribution >= 4 is 22.8 Å². The van der Waals surface area contributed by atoms with Crippen molar-refractivity contribution in [2.24, 2.45) is 0 Å². The van der Waals surface area contributed by atoms with Gasteiger partial charge in [0.15, 0.2) is 0 Å². The van der Waals surface area contributed by atoms with Crippen LogP contribution in [0.3, 0.4) is 0 Å². The lowest BCUT2D eigenvalue weighted by Crippen LogP contribution is -2.07. The van der Waals surface area contributed by atoms with Crippen LogP contribution in [0.2, 0.25) is 0 Å². The zero-order chi connectivity index (χ0) is 18.4. The SMILES string of the molecule is Fc1ccc(C=C2C(c3ccc(F)cc3)=C3CCOc4cccc2c43)cc1. The van der Waals surface area contributed by atoms with Crippen molar-refractivity contribution in [3.05, 3.63) is 101 Å². The van der Waals surface area contributed by atoms with Crippen LogP contribution < -0.4 is 4.74 Å². The Labute approximate surface area is 156 Å². The molecule has 27 heavy (non-hydrogen) atoms. The zero-order valence-corrected chi connectivity index (χ0v) is 14.5. The van der Waals surface area contributed by atoms with Gasteiger partial charge >= 0.3 is 0 Å². The van der Waals surface area contributed by atoms with Crippen molar-refractivity contribution in [1.82, 2.24) is 0 Å². The van der Waals surface area contributed by atoms with E-state index in [4.69, 9.17) is 4.74 Å². The van der Waals surface area contributed by atoms with Crippen molar-refractivity contribution in [3.63, 3.8) is 0 Å². The van der Waals surface area contributed by atoms with Crippen LogP contribution in [-0.2, 0) is 0 Å². The van der Waals surface area contributed by atoms with Gasteiger partial charge in [0.2, 0.25) is 0 Å². The summed E-state index contributed by atoms with van der Waals surface area (Å²) in [5.41, 5.74) is 7.51. The fraction of sp³-hybridized carbons (Fsp3) is 0.0833. The molecule has 3 aromatic carbocycles. The molecule has 1 heterocycles. The number of rotatable bonds is 2. The van der Waals surface area contributed by atoms with Gasteiger partial charge in [0.25, 0.3) is 0 Å². The fourth-order valence-electron chi connectivity index (χ4n) is 3.94. The first-order chi connectivity index (χ1) is 13.2. The summed E-state index contributed by atoms with van der Waals surface area (Å²) in [5.74, 6) is 0.375. The molecule has 3 aromatic rings. The van der Waals surface area contributed by atoms with Crippen molar-refractivity contribution in [3.8, 4) is 5.75 Å². The highest BCUT2D eigenvalue weighted by Crippen LogP contribution is 2.53. The highest BCUT2D eigenvalue weighted by Gasteiger charge is 2.32. The predicted molar refractivity (Wildman–Crippen MR) is 104 cm³/mol. The molecule has 1 aliphatic heterocycles. The summed E-state index contributed by atoms with van der Waals surface area (Å²) in [6, 6.07) is 19.1. The second-order valence-electron chi connectivity index (χ2n) is 6.75. The van der Waals surface area contributed by atoms with Crippen molar-refractivity contribution in [1.29, 1.82) is 0 Å². The molecule has 5 rings (SSSR count). The Morgan fingerprint density at radius 2 is 1.52 bits per heavy atom. The molecule has 0 saturated heterocycles. The summed E-state index contributed by atoms with van der Waals surface area (Å²) in [6.07, 6.45) is 2.87. The third-order valence-corrected chi connectivity index (χ3v) is 5.11. The van der Waals surface area contributed by atoms with E-state index in [2.05, 4.69) is 12.1 Å². The number of benzene rings is 3. The number of hydrogen-bond donors (Lipinski definition) is 0. The van der Waals surface area contributed by atoms with Crippen LogP contribution in [0.4, 0.5) is 8.78 Å². The van der Waals surface area contributed by atoms with Crippen LogP contribution in [0.1, 0.15) is 28.7 Å². The minimum absolute atomic E-state index is 0.253. The average molecular weight is 358 g/mol. The Kier molecular flexibility index (Phi) is 3.68. The van der Waals surface area contributed by atoms with Gasteiger partial charge in [-0.05, 0) is 69.8 Å². The quantitative estimate of drug-likeness (QED) is 0.529. The summed E-state index contributed by atoms with van der Waals surface area (Å²) in [5, 5.41) is 0. The molecule has 0 spiro atoms. The first-order valence-electron chi connectivity index (χ1n) is 8.94. The molecule has 0 saturated carbocycles. The Balaban J connectivity index is 1.77. The van der Waals surface area contributed by atoms with Gasteiger partial charge in [0.1, 0.15) is 17.4 Å². The van der Waals surface area contributed by atoms with Crippen molar-refractivity contribution in [2.45, 2.75) is 6.42 Å². The maximum Gasteiger partial charge on any atom is 0.127 e. The number of halogens is 2. The predicted octanol–water partition coefficient (Wildman–Crippen LogP) is 6.21. The molecule has 0 fully saturated rings. The van der Waals surface area contributed by atoms with E-state index in [0.29, 0.717) is 6.61 Å². The number of hydrogen-bond acceptors (Lipinski definition) is 1. The maximum absolute atomic E-state index is 13.5. The first kappa shape index (κ1) is 16.0. The molecular weight excluding hydrogens is 342 g/mol. The van der Waals surface area contributed by atoms with Crippen molar-refractivity contribution in [2.75, 3.05) is 6.61 Å². The molecule has 0 atom stereocenters. The summed E-state index contributed by atoms with van der Waals surface area (Å²) in [6.45, 7) is 0.625. The van der Waals surface area contributed by atoms with Gasteiger partial charge in [-0.15, -0.1) is 0 Å². The maximum atomic E-state index is 13.5. The largest absolute Gasteiger partial charge is 0.493 e. The van der Waals surface area contributed by atoms with Crippen LogP contribution in [0, 0.1) is 11.6 Å². The molecule has 0 bridgehead atoms. The van der Waals surface area contributed by atoms with Crippen LogP contribution in [0.25, 0.3) is 22.8 Å². The fourth-order valence-corrected chi connectivity index (χ4v) is 3.94. The number of ether oxygens (including phenoxy) is 1. The van der Waals surface area contributed by atoms with Crippen molar-refractivity contribution < 1.29 is 13.5 Å². The highest BCUT2D eigenvalue weighted by atomic mass is 19.1. The third kappa shape index (κ3) is 2.67. The molecule has 0 unspecified atom stereocenters. The topological polar surface area (TPSA) is 9.23 Å². The molecule has 0 radical (unpaired) electrons. The van der Waals surface area contributed by atoms with Gasteiger partial charge in [-0.3, -0.25) is 0 Å². The molecule has 1 nitrogen and oxygen atoms in total. The van der Waals surface area contributed by atoms with E-state index in [9.17, 15) is 8.78 Å². The van der Waals surface area contributed by atoms with E-state index >= 15 is 0 Å². The molecular formula is C24H16F2O. The van der Waals surface area contributed by atoms with Gasteiger partial charge in [0, 0.05) is 12.0 Å². The second kappa shape index (κ2) is 6.20. The van der Waals surface area contributed by atoms with Crippen LogP contribution in [-0.4, -0.2) is 6.61 Å². The molecule has 0 aromatic heterocycles. The summed E-state index contributed by atoms with van der Waals surface area (Å²) in [7, 11) is 0. The van der Waals surface area contributed by atoms with E-state index in [0.717, 1.165) is 45.6 Å². The van der Waals surface area contributed by atoms with Gasteiger partial charge in [-0.1, -0.05) is 36.4 Å². The molecule has 3 heteroatoms. The molecule has 132 valence electrons. The lowest BCUT2D eigenvalue weighted by Gasteiger charge is -2.19. The van der Waals surface area contributed by atoms with Crippen LogP contribution in [0.5, 0.6) is 5.75 Å². The lowest BCUT2D eigenvalue weighted by molar-refractivity contribution is 0.317. The molecule has 0 N–H and O–H groups in total. The Morgan fingerprint density at radius 3 is 2.26 bits per heavy atom. The van der Waals surface area contributed by atoms with Gasteiger partial charge < -0.3 is 4.74 Å². The molecule has 2 aliphatic rings. The normalized spacial score (nSPS) is 16.4. The second-order valence-corrected chi connectivity index (χ2v) is 6.75. The van der Waals surface area contributed by atoms with E-state index in [1.807, 2.05) is 24.3 Å². The Bertz CT molecular complexity index is 1090. The van der Waals surface area contributed by atoms with E-state index < -0.39 is 0 Å². The van der Waals surface area contributed by atoms with Gasteiger partial charge in [-0.2, -0.15) is 0 Å². The minimum atomic E-state index is -0.257. The highest BCUT2D eigenvalue weighted by molar-refractivity contribution is 6.25. The summed E-state index contributed by atoms with van der Waals surface area (Å²) >= 11 is 0. The lowest BCUT2D eigenvalue weighted by atomic mass is 9.94. The van der Waals surface area contributed by atoms with Crippen LogP contribution >= 0.6 is 0 Å². The van der Waals surface area contributed by atoms with Gasteiger partial charge in [-0.25, -0.2) is 8.78 Å². The first-order valence-corrected chi connectivity index (χ1v) is 8.94. The summed E-state index contributed by atoms with van der Waals surface area (Å²) < 4.78 is 32.7. The van der Waals surface area contributed by atoms with E-state index in [1.165, 1.54) is 29.8 Å². The van der Waals surface area contributed by atoms with Gasteiger partial charge in [0.05, 0.1) is 6.61 Å². The van der Waals surface area contributed by atoms with E-state index in [1.54, 1.807) is 12.1 Å². The minimum Gasteiger partial charge on any atom is -0.493 e. The Morgan fingerprint density at radius 1 is 0.815 bits per heavy atom. The standard InChI is InChI=1S/C24H16F2O/c25-17-8-4-15(5-9-17)14-21-19-2-1-3-22-24(19)20(12-13-27-22)23(21)16-6-10-18(26)11-7-16/h1-11,14H,12-13H2. The molecule has 0 amide bonds. The van der Waals surface area contributed by atoms with Crippen LogP contribution in [0.15, 0.2) is 66.7 Å². The van der Waals surface area contributed by atoms with E-state index in [-0.39, 0.29) is 11.6 Å². The third-order valence-electron chi connectivity index (χ3n) is 5.11. The smallest absolute Gasteiger partial charge is 0.127 e. The monoisotopic (exact) mass is 358 g/mol. The Hall–Kier alpha value is -3.20. The molecule has 1 aliphatic carbocycles. The zero-order valence-electron chi connectivity index (χ0n) is 14.5. The summed E-state index contributed by atoms with van der Waals surface area (Å²) in [4.78, 5) is 0. The average Bonchev–Trinajstić information content (AvgIpc) is 3.00.